The van der Waals surface area contributed by atoms with E-state index in [0.717, 1.165) is 37.7 Å². The maximum Gasteiger partial charge on any atom is 0.321 e. The number of carbonyl (C=O) groups is 2. The molecule has 6 heteroatoms. The molecule has 0 aromatic heterocycles. The van der Waals surface area contributed by atoms with Gasteiger partial charge in [0.1, 0.15) is 0 Å². The monoisotopic (exact) mass is 528 g/mol. The van der Waals surface area contributed by atoms with Crippen molar-refractivity contribution in [2.24, 2.45) is 23.2 Å². The Balaban J connectivity index is 1.89. The first kappa shape index (κ1) is 30.6. The fourth-order valence-corrected chi connectivity index (χ4v) is 8.39. The van der Waals surface area contributed by atoms with Gasteiger partial charge in [0.2, 0.25) is 0 Å². The lowest BCUT2D eigenvalue weighted by Gasteiger charge is -2.54. The molecule has 6 nitrogen and oxygen atoms in total. The van der Waals surface area contributed by atoms with Crippen molar-refractivity contribution in [3.8, 4) is 0 Å². The Morgan fingerprint density at radius 3 is 1.55 bits per heavy atom. The summed E-state index contributed by atoms with van der Waals surface area (Å²) in [7, 11) is 0. The molecule has 0 atom stereocenters. The zero-order valence-electron chi connectivity index (χ0n) is 25.0. The molecular weight excluding hydrogens is 476 g/mol. The van der Waals surface area contributed by atoms with Crippen molar-refractivity contribution in [3.63, 3.8) is 0 Å². The normalized spacial score (nSPS) is 23.3. The molecule has 0 spiro atoms. The van der Waals surface area contributed by atoms with Gasteiger partial charge in [0, 0.05) is 22.2 Å². The van der Waals surface area contributed by atoms with Crippen molar-refractivity contribution < 1.29 is 19.8 Å². The minimum absolute atomic E-state index is 0.00396. The van der Waals surface area contributed by atoms with Crippen LogP contribution in [0.1, 0.15) is 106 Å². The van der Waals surface area contributed by atoms with E-state index in [1.54, 1.807) is 0 Å². The van der Waals surface area contributed by atoms with E-state index in [-0.39, 0.29) is 35.0 Å². The first-order valence-corrected chi connectivity index (χ1v) is 14.4. The molecule has 2 saturated heterocycles. The molecule has 2 aliphatic rings. The van der Waals surface area contributed by atoms with E-state index >= 15 is 0 Å². The number of aliphatic carboxylic acids is 2. The molecule has 214 valence electrons. The summed E-state index contributed by atoms with van der Waals surface area (Å²) in [6, 6.07) is 9.17. The number of hydrogen-bond donors (Lipinski definition) is 4. The third kappa shape index (κ3) is 7.59. The highest BCUT2D eigenvalue weighted by molar-refractivity contribution is 5.98. The molecule has 2 fully saturated rings. The first-order chi connectivity index (χ1) is 17.4. The van der Waals surface area contributed by atoms with Crippen molar-refractivity contribution in [3.05, 3.63) is 35.9 Å². The number of hydrogen-bond acceptors (Lipinski definition) is 4. The Hall–Kier alpha value is -1.92. The molecule has 2 heterocycles. The van der Waals surface area contributed by atoms with Crippen molar-refractivity contribution in [1.82, 2.24) is 10.6 Å². The maximum atomic E-state index is 12.5. The lowest BCUT2D eigenvalue weighted by atomic mass is 9.61. The number of rotatable bonds is 10. The topological polar surface area (TPSA) is 98.7 Å². The second-order valence-corrected chi connectivity index (χ2v) is 15.0. The van der Waals surface area contributed by atoms with Crippen LogP contribution < -0.4 is 10.6 Å². The summed E-state index contributed by atoms with van der Waals surface area (Å²) in [4.78, 5) is 25.0. The van der Waals surface area contributed by atoms with E-state index in [0.29, 0.717) is 24.2 Å². The number of carboxylic acid groups (broad SMARTS) is 2. The van der Waals surface area contributed by atoms with E-state index in [4.69, 9.17) is 0 Å². The predicted molar refractivity (Wildman–Crippen MR) is 153 cm³/mol. The minimum atomic E-state index is -1.81. The van der Waals surface area contributed by atoms with Gasteiger partial charge in [-0.15, -0.1) is 0 Å². The van der Waals surface area contributed by atoms with Gasteiger partial charge in [0.25, 0.3) is 0 Å². The van der Waals surface area contributed by atoms with Crippen molar-refractivity contribution in [2.75, 3.05) is 0 Å². The summed E-state index contributed by atoms with van der Waals surface area (Å²) in [5, 5.41) is 28.0. The fraction of sp³-hybridized carbons (Fsp3) is 0.750. The molecular formula is C32H52N2O4. The molecule has 4 N–H and O–H groups in total. The minimum Gasteiger partial charge on any atom is -0.480 e. The number of carboxylic acids is 2. The zero-order chi connectivity index (χ0) is 28.6. The highest BCUT2D eigenvalue weighted by atomic mass is 16.4. The van der Waals surface area contributed by atoms with Gasteiger partial charge in [-0.25, -0.2) is 0 Å². The van der Waals surface area contributed by atoms with Gasteiger partial charge in [-0.2, -0.15) is 0 Å². The van der Waals surface area contributed by atoms with Crippen LogP contribution in [-0.2, 0) is 16.0 Å². The molecule has 2 aliphatic heterocycles. The van der Waals surface area contributed by atoms with E-state index in [1.807, 2.05) is 30.3 Å². The van der Waals surface area contributed by atoms with Gasteiger partial charge in [-0.3, -0.25) is 9.59 Å². The summed E-state index contributed by atoms with van der Waals surface area (Å²) in [6.45, 7) is 18.3. The van der Waals surface area contributed by atoms with Crippen molar-refractivity contribution >= 4 is 11.9 Å². The lowest BCUT2D eigenvalue weighted by Crippen LogP contribution is -2.61. The van der Waals surface area contributed by atoms with Crippen LogP contribution >= 0.6 is 0 Å². The van der Waals surface area contributed by atoms with Gasteiger partial charge in [0.15, 0.2) is 5.41 Å². The summed E-state index contributed by atoms with van der Waals surface area (Å²) in [6.07, 6.45) is 5.86. The molecule has 1 aromatic carbocycles. The van der Waals surface area contributed by atoms with Gasteiger partial charge >= 0.3 is 11.9 Å². The van der Waals surface area contributed by atoms with Crippen LogP contribution in [0.5, 0.6) is 0 Å². The summed E-state index contributed by atoms with van der Waals surface area (Å²) >= 11 is 0. The zero-order valence-corrected chi connectivity index (χ0v) is 25.0. The summed E-state index contributed by atoms with van der Waals surface area (Å²) in [5.41, 5.74) is -1.00. The molecule has 0 aliphatic carbocycles. The van der Waals surface area contributed by atoms with Crippen LogP contribution in [0.15, 0.2) is 30.3 Å². The molecule has 0 saturated carbocycles. The largest absolute Gasteiger partial charge is 0.480 e. The third-order valence-corrected chi connectivity index (χ3v) is 8.96. The van der Waals surface area contributed by atoms with Crippen LogP contribution in [0.3, 0.4) is 0 Å². The van der Waals surface area contributed by atoms with Crippen LogP contribution in [0.25, 0.3) is 0 Å². The molecule has 0 amide bonds. The SMILES string of the molecule is CC1(C)CC(C(CCCC(Cc2ccccc2)(C(=O)O)C(=O)O)C2CC(C)(C)NC(C)(C)C2)CC(C)(C)N1. The van der Waals surface area contributed by atoms with Gasteiger partial charge < -0.3 is 20.8 Å². The van der Waals surface area contributed by atoms with Crippen molar-refractivity contribution in [1.29, 1.82) is 0 Å². The van der Waals surface area contributed by atoms with E-state index in [1.165, 1.54) is 0 Å². The van der Waals surface area contributed by atoms with E-state index < -0.39 is 17.4 Å². The standard InChI is InChI=1S/C32H52N2O4/c1-28(2)18-23(19-29(3,4)33-28)25(24-20-30(5,6)34-31(7,8)21-24)15-12-16-32(26(35)36,27(37)38)17-22-13-10-9-11-14-22/h9-11,13-14,23-25,33-34H,12,15-21H2,1-8H3,(H,35,36)(H,37,38). The Morgan fingerprint density at radius 1 is 0.789 bits per heavy atom. The summed E-state index contributed by atoms with van der Waals surface area (Å²) in [5.74, 6) is -1.08. The molecule has 3 rings (SSSR count). The van der Waals surface area contributed by atoms with Gasteiger partial charge in [-0.05, 0) is 124 Å². The van der Waals surface area contributed by atoms with Crippen LogP contribution in [0, 0.1) is 23.2 Å². The molecule has 1 aromatic rings. The smallest absolute Gasteiger partial charge is 0.321 e. The fourth-order valence-electron chi connectivity index (χ4n) is 8.39. The summed E-state index contributed by atoms with van der Waals surface area (Å²) < 4.78 is 0. The highest BCUT2D eigenvalue weighted by Crippen LogP contribution is 2.48. The molecule has 0 radical (unpaired) electrons. The Kier molecular flexibility index (Phi) is 8.80. The Morgan fingerprint density at radius 2 is 1.18 bits per heavy atom. The average Bonchev–Trinajstić information content (AvgIpc) is 2.71. The molecule has 0 unspecified atom stereocenters. The second kappa shape index (κ2) is 10.9. The molecule has 38 heavy (non-hydrogen) atoms. The van der Waals surface area contributed by atoms with Gasteiger partial charge in [-0.1, -0.05) is 36.8 Å². The van der Waals surface area contributed by atoms with Gasteiger partial charge in [0.05, 0.1) is 0 Å². The number of nitrogens with one attached hydrogen (secondary N) is 2. The maximum absolute atomic E-state index is 12.5. The Labute approximate surface area is 230 Å². The lowest BCUT2D eigenvalue weighted by molar-refractivity contribution is -0.165. The predicted octanol–water partition coefficient (Wildman–Crippen LogP) is 6.28. The quantitative estimate of drug-likeness (QED) is 0.267. The van der Waals surface area contributed by atoms with E-state index in [9.17, 15) is 19.8 Å². The average molecular weight is 529 g/mol. The number of benzene rings is 1. The second-order valence-electron chi connectivity index (χ2n) is 15.0. The van der Waals surface area contributed by atoms with Crippen LogP contribution in [-0.4, -0.2) is 44.3 Å². The molecule has 0 bridgehead atoms. The van der Waals surface area contributed by atoms with Crippen LogP contribution in [0.4, 0.5) is 0 Å². The highest BCUT2D eigenvalue weighted by Gasteiger charge is 2.49. The van der Waals surface area contributed by atoms with Crippen LogP contribution in [0.2, 0.25) is 0 Å². The Bertz CT molecular complexity index is 898. The van der Waals surface area contributed by atoms with E-state index in [2.05, 4.69) is 66.0 Å². The van der Waals surface area contributed by atoms with Crippen molar-refractivity contribution in [2.45, 2.75) is 129 Å². The number of piperidine rings is 2. The first-order valence-electron chi connectivity index (χ1n) is 14.4. The third-order valence-electron chi connectivity index (χ3n) is 8.96.